The second-order valence-electron chi connectivity index (χ2n) is 4.75. The van der Waals surface area contributed by atoms with Crippen LogP contribution in [0.5, 0.6) is 0 Å². The van der Waals surface area contributed by atoms with E-state index in [1.807, 2.05) is 18.2 Å². The van der Waals surface area contributed by atoms with Crippen molar-refractivity contribution in [3.63, 3.8) is 0 Å². The third-order valence-electron chi connectivity index (χ3n) is 2.94. The van der Waals surface area contributed by atoms with Crippen LogP contribution < -0.4 is 5.73 Å². The van der Waals surface area contributed by atoms with E-state index in [1.165, 1.54) is 5.56 Å². The number of anilines is 1. The monoisotopic (exact) mass is 231 g/mol. The average Bonchev–Trinajstić information content (AvgIpc) is 2.75. The van der Waals surface area contributed by atoms with Crippen LogP contribution in [0, 0.1) is 0 Å². The zero-order chi connectivity index (χ0) is 12.3. The van der Waals surface area contributed by atoms with Crippen LogP contribution in [-0.2, 0) is 12.0 Å². The molecule has 5 heteroatoms. The third-order valence-corrected chi connectivity index (χ3v) is 2.94. The summed E-state index contributed by atoms with van der Waals surface area (Å²) >= 11 is 0. The van der Waals surface area contributed by atoms with E-state index in [2.05, 4.69) is 41.5 Å². The molecule has 0 aliphatic heterocycles. The molecule has 0 bridgehead atoms. The van der Waals surface area contributed by atoms with Gasteiger partial charge in [0.1, 0.15) is 0 Å². The van der Waals surface area contributed by atoms with Gasteiger partial charge in [-0.2, -0.15) is 0 Å². The number of nitrogen functional groups attached to an aromatic ring is 1. The van der Waals surface area contributed by atoms with Crippen LogP contribution >= 0.6 is 0 Å². The zero-order valence-corrected chi connectivity index (χ0v) is 10.2. The third kappa shape index (κ3) is 2.61. The maximum atomic E-state index is 5.72. The summed E-state index contributed by atoms with van der Waals surface area (Å²) in [6, 6.07) is 10.4. The molecular weight excluding hydrogens is 214 g/mol. The number of rotatable bonds is 4. The SMILES string of the molecule is CC(C)(CCc1ccccc1)n1nnnc1N. The van der Waals surface area contributed by atoms with Crippen molar-refractivity contribution in [1.82, 2.24) is 20.2 Å². The number of nitrogens with two attached hydrogens (primary N) is 1. The molecule has 1 heterocycles. The molecule has 5 nitrogen and oxygen atoms in total. The van der Waals surface area contributed by atoms with Gasteiger partial charge in [0.05, 0.1) is 5.54 Å². The summed E-state index contributed by atoms with van der Waals surface area (Å²) in [5.74, 6) is 0.364. The van der Waals surface area contributed by atoms with Gasteiger partial charge in [0.2, 0.25) is 5.95 Å². The second-order valence-corrected chi connectivity index (χ2v) is 4.75. The number of hydrogen-bond donors (Lipinski definition) is 1. The molecule has 0 atom stereocenters. The van der Waals surface area contributed by atoms with Crippen molar-refractivity contribution in [3.05, 3.63) is 35.9 Å². The molecule has 0 spiro atoms. The van der Waals surface area contributed by atoms with Crippen molar-refractivity contribution < 1.29 is 0 Å². The lowest BCUT2D eigenvalue weighted by atomic mass is 9.95. The molecule has 0 unspecified atom stereocenters. The normalized spacial score (nSPS) is 11.6. The van der Waals surface area contributed by atoms with E-state index >= 15 is 0 Å². The lowest BCUT2D eigenvalue weighted by Gasteiger charge is -2.24. The van der Waals surface area contributed by atoms with E-state index in [0.717, 1.165) is 12.8 Å². The zero-order valence-electron chi connectivity index (χ0n) is 10.2. The van der Waals surface area contributed by atoms with E-state index in [1.54, 1.807) is 4.68 Å². The summed E-state index contributed by atoms with van der Waals surface area (Å²) < 4.78 is 1.68. The highest BCUT2D eigenvalue weighted by Gasteiger charge is 2.23. The highest BCUT2D eigenvalue weighted by atomic mass is 15.6. The quantitative estimate of drug-likeness (QED) is 0.868. The number of aromatic nitrogens is 4. The Balaban J connectivity index is 2.06. The second kappa shape index (κ2) is 4.53. The number of tetrazole rings is 1. The van der Waals surface area contributed by atoms with Gasteiger partial charge in [0, 0.05) is 0 Å². The molecule has 0 saturated heterocycles. The number of benzene rings is 1. The summed E-state index contributed by atoms with van der Waals surface area (Å²) in [6.07, 6.45) is 1.92. The lowest BCUT2D eigenvalue weighted by Crippen LogP contribution is -2.29. The maximum Gasteiger partial charge on any atom is 0.240 e. The van der Waals surface area contributed by atoms with Crippen molar-refractivity contribution in [3.8, 4) is 0 Å². The molecule has 2 N–H and O–H groups in total. The fourth-order valence-electron chi connectivity index (χ4n) is 1.83. The van der Waals surface area contributed by atoms with Gasteiger partial charge in [-0.15, -0.1) is 0 Å². The molecule has 0 fully saturated rings. The maximum absolute atomic E-state index is 5.72. The number of aryl methyl sites for hydroxylation is 1. The molecule has 0 saturated carbocycles. The predicted octanol–water partition coefficient (Wildman–Crippen LogP) is 1.62. The molecule has 2 aromatic rings. The topological polar surface area (TPSA) is 69.6 Å². The minimum absolute atomic E-state index is 0.177. The Bertz CT molecular complexity index is 475. The molecule has 1 aromatic heterocycles. The summed E-state index contributed by atoms with van der Waals surface area (Å²) in [4.78, 5) is 0. The Labute approximate surface area is 101 Å². The molecule has 0 amide bonds. The Morgan fingerprint density at radius 2 is 1.94 bits per heavy atom. The standard InChI is InChI=1S/C12H17N5/c1-12(2,17-11(13)14-15-16-17)9-8-10-6-4-3-5-7-10/h3-7H,8-9H2,1-2H3,(H2,13,14,16). The molecule has 0 aliphatic rings. The Morgan fingerprint density at radius 3 is 2.53 bits per heavy atom. The molecule has 90 valence electrons. The summed E-state index contributed by atoms with van der Waals surface area (Å²) in [6.45, 7) is 4.17. The van der Waals surface area contributed by atoms with Crippen LogP contribution in [0.1, 0.15) is 25.8 Å². The van der Waals surface area contributed by atoms with Gasteiger partial charge in [-0.05, 0) is 42.7 Å². The highest BCUT2D eigenvalue weighted by Crippen LogP contribution is 2.22. The predicted molar refractivity (Wildman–Crippen MR) is 66.3 cm³/mol. The Hall–Kier alpha value is -1.91. The summed E-state index contributed by atoms with van der Waals surface area (Å²) in [5.41, 5.74) is 6.86. The molecule has 0 radical (unpaired) electrons. The molecular formula is C12H17N5. The number of nitrogens with zero attached hydrogens (tertiary/aromatic N) is 4. The van der Waals surface area contributed by atoms with Crippen molar-refractivity contribution in [2.24, 2.45) is 0 Å². The van der Waals surface area contributed by atoms with E-state index in [-0.39, 0.29) is 5.54 Å². The van der Waals surface area contributed by atoms with Crippen LogP contribution in [0.25, 0.3) is 0 Å². The largest absolute Gasteiger partial charge is 0.367 e. The first-order chi connectivity index (χ1) is 8.09. The molecule has 0 aliphatic carbocycles. The molecule has 1 aromatic carbocycles. The van der Waals surface area contributed by atoms with Gasteiger partial charge in [-0.1, -0.05) is 35.4 Å². The first-order valence-electron chi connectivity index (χ1n) is 5.68. The summed E-state index contributed by atoms with van der Waals surface area (Å²) in [7, 11) is 0. The Kier molecular flexibility index (Phi) is 3.08. The first kappa shape index (κ1) is 11.6. The van der Waals surface area contributed by atoms with E-state index in [9.17, 15) is 0 Å². The van der Waals surface area contributed by atoms with Gasteiger partial charge < -0.3 is 5.73 Å². The average molecular weight is 231 g/mol. The van der Waals surface area contributed by atoms with E-state index in [0.29, 0.717) is 5.95 Å². The van der Waals surface area contributed by atoms with Gasteiger partial charge in [0.25, 0.3) is 0 Å². The van der Waals surface area contributed by atoms with Crippen LogP contribution in [0.15, 0.2) is 30.3 Å². The minimum Gasteiger partial charge on any atom is -0.367 e. The van der Waals surface area contributed by atoms with Gasteiger partial charge >= 0.3 is 0 Å². The van der Waals surface area contributed by atoms with Crippen LogP contribution in [-0.4, -0.2) is 20.2 Å². The van der Waals surface area contributed by atoms with Gasteiger partial charge in [-0.3, -0.25) is 0 Å². The van der Waals surface area contributed by atoms with Crippen molar-refractivity contribution in [1.29, 1.82) is 0 Å². The van der Waals surface area contributed by atoms with Crippen molar-refractivity contribution >= 4 is 5.95 Å². The highest BCUT2D eigenvalue weighted by molar-refractivity contribution is 5.16. The van der Waals surface area contributed by atoms with Gasteiger partial charge in [-0.25, -0.2) is 4.68 Å². The van der Waals surface area contributed by atoms with Crippen molar-refractivity contribution in [2.45, 2.75) is 32.2 Å². The number of hydrogen-bond acceptors (Lipinski definition) is 4. The Morgan fingerprint density at radius 1 is 1.24 bits per heavy atom. The summed E-state index contributed by atoms with van der Waals surface area (Å²) in [5, 5.41) is 11.2. The fraction of sp³-hybridized carbons (Fsp3) is 0.417. The lowest BCUT2D eigenvalue weighted by molar-refractivity contribution is 0.294. The van der Waals surface area contributed by atoms with E-state index in [4.69, 9.17) is 5.73 Å². The minimum atomic E-state index is -0.177. The van der Waals surface area contributed by atoms with Gasteiger partial charge in [0.15, 0.2) is 0 Å². The van der Waals surface area contributed by atoms with Crippen LogP contribution in [0.4, 0.5) is 5.95 Å². The first-order valence-corrected chi connectivity index (χ1v) is 5.68. The molecule has 2 rings (SSSR count). The van der Waals surface area contributed by atoms with Crippen LogP contribution in [0.2, 0.25) is 0 Å². The van der Waals surface area contributed by atoms with Crippen molar-refractivity contribution in [2.75, 3.05) is 5.73 Å². The fourth-order valence-corrected chi connectivity index (χ4v) is 1.83. The molecule has 17 heavy (non-hydrogen) atoms. The smallest absolute Gasteiger partial charge is 0.240 e. The van der Waals surface area contributed by atoms with E-state index < -0.39 is 0 Å². The van der Waals surface area contributed by atoms with Crippen LogP contribution in [0.3, 0.4) is 0 Å².